The normalized spacial score (nSPS) is 13.7. The van der Waals surface area contributed by atoms with Gasteiger partial charge in [0, 0.05) is 16.8 Å². The molecule has 7 nitrogen and oxygen atoms in total. The number of hydrogen-bond acceptors (Lipinski definition) is 5. The number of hydrogen-bond donors (Lipinski definition) is 3. The predicted molar refractivity (Wildman–Crippen MR) is 151 cm³/mol. The highest BCUT2D eigenvalue weighted by molar-refractivity contribution is 6.06. The van der Waals surface area contributed by atoms with Crippen molar-refractivity contribution in [1.29, 1.82) is 5.41 Å². The Morgan fingerprint density at radius 3 is 2.24 bits per heavy atom. The van der Waals surface area contributed by atoms with Crippen LogP contribution < -0.4 is 25.4 Å². The summed E-state index contributed by atoms with van der Waals surface area (Å²) in [6.07, 6.45) is 2.17. The number of amides is 1. The van der Waals surface area contributed by atoms with Crippen LogP contribution in [-0.4, -0.2) is 38.0 Å². The number of ether oxygens (including phenoxy) is 2. The van der Waals surface area contributed by atoms with Crippen LogP contribution in [-0.2, 0) is 6.54 Å². The molecule has 0 bridgehead atoms. The molecular formula is C31H32N4O3. The van der Waals surface area contributed by atoms with E-state index in [1.165, 1.54) is 0 Å². The van der Waals surface area contributed by atoms with E-state index in [1.807, 2.05) is 60.7 Å². The number of piperidine rings is 1. The fraction of sp³-hybridized carbons (Fsp3) is 0.226. The van der Waals surface area contributed by atoms with Crippen molar-refractivity contribution >= 4 is 28.2 Å². The van der Waals surface area contributed by atoms with E-state index in [9.17, 15) is 4.79 Å². The van der Waals surface area contributed by atoms with Crippen LogP contribution in [0.1, 0.15) is 34.3 Å². The minimum absolute atomic E-state index is 0.0282. The highest BCUT2D eigenvalue weighted by atomic mass is 16.5. The summed E-state index contributed by atoms with van der Waals surface area (Å²) in [7, 11) is 1.60. The number of carbonyl (C=O) groups is 1. The molecule has 0 spiro atoms. The van der Waals surface area contributed by atoms with Gasteiger partial charge in [-0.25, -0.2) is 0 Å². The molecule has 1 amide bonds. The molecule has 7 heteroatoms. The van der Waals surface area contributed by atoms with Crippen LogP contribution in [0, 0.1) is 5.41 Å². The second-order valence-corrected chi connectivity index (χ2v) is 9.49. The van der Waals surface area contributed by atoms with Gasteiger partial charge >= 0.3 is 0 Å². The van der Waals surface area contributed by atoms with Crippen LogP contribution in [0.5, 0.6) is 11.5 Å². The highest BCUT2D eigenvalue weighted by Gasteiger charge is 2.20. The summed E-state index contributed by atoms with van der Waals surface area (Å²) in [4.78, 5) is 15.5. The van der Waals surface area contributed by atoms with Gasteiger partial charge in [-0.2, -0.15) is 0 Å². The molecule has 0 aromatic heterocycles. The van der Waals surface area contributed by atoms with Crippen LogP contribution in [0.25, 0.3) is 10.8 Å². The van der Waals surface area contributed by atoms with Crippen LogP contribution in [0.15, 0.2) is 84.9 Å². The number of methoxy groups -OCH3 is 1. The number of benzene rings is 4. The van der Waals surface area contributed by atoms with Crippen molar-refractivity contribution in [1.82, 2.24) is 5.32 Å². The van der Waals surface area contributed by atoms with E-state index in [1.54, 1.807) is 36.3 Å². The summed E-state index contributed by atoms with van der Waals surface area (Å²) >= 11 is 0. The van der Waals surface area contributed by atoms with E-state index < -0.39 is 0 Å². The summed E-state index contributed by atoms with van der Waals surface area (Å²) < 4.78 is 11.4. The molecule has 0 radical (unpaired) electrons. The van der Waals surface area contributed by atoms with Crippen molar-refractivity contribution in [3.63, 3.8) is 0 Å². The molecule has 4 aromatic rings. The Morgan fingerprint density at radius 1 is 0.895 bits per heavy atom. The molecule has 1 aliphatic rings. The van der Waals surface area contributed by atoms with Crippen LogP contribution in [0.2, 0.25) is 0 Å². The number of amidine groups is 1. The molecule has 0 saturated carbocycles. The zero-order chi connectivity index (χ0) is 26.5. The molecule has 0 atom stereocenters. The lowest BCUT2D eigenvalue weighted by Crippen LogP contribution is -2.34. The number of nitrogens with zero attached hydrogens (tertiary/aromatic N) is 1. The Bertz CT molecular complexity index is 1430. The van der Waals surface area contributed by atoms with E-state index in [-0.39, 0.29) is 17.8 Å². The standard InChI is InChI=1S/C31H32N4O3/c1-37-27-10-6-23(7-11-27)31(36)35(26-8-12-28(13-9-26)38-29-14-16-34-17-15-29)20-21-2-3-22-4-5-24(30(32)33)19-25(22)18-21/h2-13,18-19,29,34H,14-17,20H2,1H3,(H3,32,33). The minimum atomic E-state index is -0.114. The summed E-state index contributed by atoms with van der Waals surface area (Å²) in [5.74, 6) is 1.42. The van der Waals surface area contributed by atoms with Gasteiger partial charge in [-0.1, -0.05) is 24.3 Å². The van der Waals surface area contributed by atoms with E-state index in [2.05, 4.69) is 5.32 Å². The van der Waals surface area contributed by atoms with Crippen LogP contribution in [0.3, 0.4) is 0 Å². The predicted octanol–water partition coefficient (Wildman–Crippen LogP) is 5.11. The molecule has 194 valence electrons. The first-order chi connectivity index (χ1) is 18.5. The SMILES string of the molecule is COc1ccc(C(=O)N(Cc2ccc3ccc(C(=N)N)cc3c2)c2ccc(OC3CCNCC3)cc2)cc1. The second kappa shape index (κ2) is 11.4. The smallest absolute Gasteiger partial charge is 0.258 e. The van der Waals surface area contributed by atoms with Gasteiger partial charge in [0.2, 0.25) is 0 Å². The molecule has 4 aromatic carbocycles. The Morgan fingerprint density at radius 2 is 1.55 bits per heavy atom. The Labute approximate surface area is 222 Å². The third-order valence-electron chi connectivity index (χ3n) is 6.88. The third kappa shape index (κ3) is 5.79. The van der Waals surface area contributed by atoms with Crippen molar-refractivity contribution in [3.05, 3.63) is 102 Å². The van der Waals surface area contributed by atoms with Gasteiger partial charge in [-0.05, 0) is 103 Å². The zero-order valence-corrected chi connectivity index (χ0v) is 21.4. The molecule has 38 heavy (non-hydrogen) atoms. The number of carbonyl (C=O) groups excluding carboxylic acids is 1. The van der Waals surface area contributed by atoms with Gasteiger partial charge < -0.3 is 25.4 Å². The minimum Gasteiger partial charge on any atom is -0.497 e. The van der Waals surface area contributed by atoms with Gasteiger partial charge in [0.05, 0.1) is 13.7 Å². The molecule has 1 aliphatic heterocycles. The van der Waals surface area contributed by atoms with Gasteiger partial charge in [-0.15, -0.1) is 0 Å². The first-order valence-corrected chi connectivity index (χ1v) is 12.8. The van der Waals surface area contributed by atoms with Crippen molar-refractivity contribution < 1.29 is 14.3 Å². The lowest BCUT2D eigenvalue weighted by Gasteiger charge is -2.26. The van der Waals surface area contributed by atoms with E-state index in [4.69, 9.17) is 20.6 Å². The van der Waals surface area contributed by atoms with Crippen molar-refractivity contribution in [2.75, 3.05) is 25.1 Å². The highest BCUT2D eigenvalue weighted by Crippen LogP contribution is 2.27. The molecule has 1 saturated heterocycles. The first kappa shape index (κ1) is 25.3. The average Bonchev–Trinajstić information content (AvgIpc) is 2.96. The third-order valence-corrected chi connectivity index (χ3v) is 6.88. The number of nitrogen functional groups attached to an aromatic ring is 1. The lowest BCUT2D eigenvalue weighted by atomic mass is 10.0. The number of anilines is 1. The fourth-order valence-corrected chi connectivity index (χ4v) is 4.72. The summed E-state index contributed by atoms with van der Waals surface area (Å²) in [6, 6.07) is 26.7. The molecule has 4 N–H and O–H groups in total. The fourth-order valence-electron chi connectivity index (χ4n) is 4.72. The monoisotopic (exact) mass is 508 g/mol. The average molecular weight is 509 g/mol. The molecule has 0 unspecified atom stereocenters. The topological polar surface area (TPSA) is 101 Å². The summed E-state index contributed by atoms with van der Waals surface area (Å²) in [5, 5.41) is 13.1. The molecule has 5 rings (SSSR count). The van der Waals surface area contributed by atoms with Gasteiger partial charge in [0.15, 0.2) is 0 Å². The van der Waals surface area contributed by atoms with E-state index in [0.29, 0.717) is 23.4 Å². The summed E-state index contributed by atoms with van der Waals surface area (Å²) in [5.41, 5.74) is 8.69. The quantitative estimate of drug-likeness (QED) is 0.227. The molecule has 0 aliphatic carbocycles. The first-order valence-electron chi connectivity index (χ1n) is 12.8. The Balaban J connectivity index is 1.44. The van der Waals surface area contributed by atoms with Gasteiger partial charge in [0.25, 0.3) is 5.91 Å². The maximum absolute atomic E-state index is 13.8. The zero-order valence-electron chi connectivity index (χ0n) is 21.4. The lowest BCUT2D eigenvalue weighted by molar-refractivity contribution is 0.0985. The van der Waals surface area contributed by atoms with Crippen LogP contribution in [0.4, 0.5) is 5.69 Å². The largest absolute Gasteiger partial charge is 0.497 e. The Kier molecular flexibility index (Phi) is 7.56. The van der Waals surface area contributed by atoms with Crippen molar-refractivity contribution in [3.8, 4) is 11.5 Å². The molecule has 1 fully saturated rings. The van der Waals surface area contributed by atoms with E-state index >= 15 is 0 Å². The molecular weight excluding hydrogens is 476 g/mol. The number of fused-ring (bicyclic) bond motifs is 1. The summed E-state index contributed by atoms with van der Waals surface area (Å²) in [6.45, 7) is 2.30. The Hall–Kier alpha value is -4.36. The van der Waals surface area contributed by atoms with Crippen molar-refractivity contribution in [2.24, 2.45) is 5.73 Å². The number of nitrogens with two attached hydrogens (primary N) is 1. The second-order valence-electron chi connectivity index (χ2n) is 9.49. The maximum atomic E-state index is 13.8. The van der Waals surface area contributed by atoms with Gasteiger partial charge in [0.1, 0.15) is 23.4 Å². The van der Waals surface area contributed by atoms with Crippen molar-refractivity contribution in [2.45, 2.75) is 25.5 Å². The number of nitrogens with one attached hydrogen (secondary N) is 2. The maximum Gasteiger partial charge on any atom is 0.258 e. The van der Waals surface area contributed by atoms with E-state index in [0.717, 1.165) is 53.7 Å². The number of rotatable bonds is 8. The van der Waals surface area contributed by atoms with Crippen LogP contribution >= 0.6 is 0 Å². The van der Waals surface area contributed by atoms with Gasteiger partial charge in [-0.3, -0.25) is 10.2 Å². The molecule has 1 heterocycles.